The van der Waals surface area contributed by atoms with Gasteiger partial charge in [0.15, 0.2) is 0 Å². The molecule has 0 spiro atoms. The first-order chi connectivity index (χ1) is 8.67. The standard InChI is InChI=1S/C13H24N2O3S/c1-12(2,10(16)17)13(3,4)15-11(18)14-7-9-5-6-19-8-9/h9H,5-8H2,1-4H3,(H,16,17)(H2,14,15,18). The van der Waals surface area contributed by atoms with Crippen molar-refractivity contribution in [2.75, 3.05) is 18.1 Å². The normalized spacial score (nSPS) is 20.1. The van der Waals surface area contributed by atoms with E-state index in [9.17, 15) is 14.7 Å². The third-order valence-corrected chi connectivity index (χ3v) is 5.33. The molecule has 0 aliphatic carbocycles. The second-order valence-electron chi connectivity index (χ2n) is 6.12. The molecule has 110 valence electrons. The Morgan fingerprint density at radius 3 is 2.42 bits per heavy atom. The Bertz CT molecular complexity index is 350. The number of thioether (sulfide) groups is 1. The van der Waals surface area contributed by atoms with E-state index in [4.69, 9.17) is 0 Å². The fraction of sp³-hybridized carbons (Fsp3) is 0.846. The largest absolute Gasteiger partial charge is 0.481 e. The summed E-state index contributed by atoms with van der Waals surface area (Å²) in [4.78, 5) is 23.1. The predicted octanol–water partition coefficient (Wildman–Crippen LogP) is 1.93. The average Bonchev–Trinajstić information content (AvgIpc) is 2.78. The fourth-order valence-electron chi connectivity index (χ4n) is 1.73. The van der Waals surface area contributed by atoms with Crippen molar-refractivity contribution in [1.82, 2.24) is 10.6 Å². The summed E-state index contributed by atoms with van der Waals surface area (Å²) in [6.45, 7) is 7.34. The number of rotatable bonds is 5. The first kappa shape index (κ1) is 16.1. The molecule has 3 N–H and O–H groups in total. The van der Waals surface area contributed by atoms with Crippen LogP contribution in [0.5, 0.6) is 0 Å². The second-order valence-corrected chi connectivity index (χ2v) is 7.27. The van der Waals surface area contributed by atoms with Gasteiger partial charge in [-0.25, -0.2) is 4.79 Å². The fourth-order valence-corrected chi connectivity index (χ4v) is 3.02. The number of urea groups is 1. The van der Waals surface area contributed by atoms with Crippen LogP contribution >= 0.6 is 11.8 Å². The lowest BCUT2D eigenvalue weighted by molar-refractivity contribution is -0.150. The number of carboxylic acids is 1. The Morgan fingerprint density at radius 1 is 1.32 bits per heavy atom. The van der Waals surface area contributed by atoms with Gasteiger partial charge in [-0.3, -0.25) is 4.79 Å². The van der Waals surface area contributed by atoms with Crippen molar-refractivity contribution in [3.63, 3.8) is 0 Å². The van der Waals surface area contributed by atoms with Crippen LogP contribution in [-0.4, -0.2) is 40.7 Å². The third-order valence-electron chi connectivity index (χ3n) is 4.10. The summed E-state index contributed by atoms with van der Waals surface area (Å²) in [5.41, 5.74) is -1.86. The minimum atomic E-state index is -1.03. The molecule has 0 radical (unpaired) electrons. The topological polar surface area (TPSA) is 78.4 Å². The molecule has 0 bridgehead atoms. The number of carbonyl (C=O) groups is 2. The maximum absolute atomic E-state index is 11.9. The van der Waals surface area contributed by atoms with Gasteiger partial charge in [0.05, 0.1) is 11.0 Å². The van der Waals surface area contributed by atoms with Gasteiger partial charge in [-0.2, -0.15) is 11.8 Å². The van der Waals surface area contributed by atoms with Gasteiger partial charge in [0.1, 0.15) is 0 Å². The number of aliphatic carboxylic acids is 1. The van der Waals surface area contributed by atoms with Crippen molar-refractivity contribution in [2.24, 2.45) is 11.3 Å². The van der Waals surface area contributed by atoms with Crippen LogP contribution in [0, 0.1) is 11.3 Å². The zero-order chi connectivity index (χ0) is 14.7. The molecule has 0 aromatic rings. The van der Waals surface area contributed by atoms with Crippen LogP contribution in [0.1, 0.15) is 34.1 Å². The molecular weight excluding hydrogens is 264 g/mol. The van der Waals surface area contributed by atoms with Crippen molar-refractivity contribution in [3.8, 4) is 0 Å². The minimum Gasteiger partial charge on any atom is -0.481 e. The van der Waals surface area contributed by atoms with Crippen LogP contribution in [-0.2, 0) is 4.79 Å². The molecule has 1 unspecified atom stereocenters. The number of carboxylic acid groups (broad SMARTS) is 1. The highest BCUT2D eigenvalue weighted by Crippen LogP contribution is 2.30. The lowest BCUT2D eigenvalue weighted by Gasteiger charge is -2.38. The van der Waals surface area contributed by atoms with E-state index in [1.165, 1.54) is 0 Å². The smallest absolute Gasteiger partial charge is 0.315 e. The highest BCUT2D eigenvalue weighted by molar-refractivity contribution is 7.99. The molecule has 0 saturated carbocycles. The van der Waals surface area contributed by atoms with E-state index >= 15 is 0 Å². The number of nitrogens with one attached hydrogen (secondary N) is 2. The number of hydrogen-bond donors (Lipinski definition) is 3. The van der Waals surface area contributed by atoms with Gasteiger partial charge in [-0.1, -0.05) is 0 Å². The lowest BCUT2D eigenvalue weighted by Crippen LogP contribution is -2.59. The highest BCUT2D eigenvalue weighted by atomic mass is 32.2. The molecule has 5 nitrogen and oxygen atoms in total. The summed E-state index contributed by atoms with van der Waals surface area (Å²) >= 11 is 1.91. The molecule has 1 rings (SSSR count). The maximum atomic E-state index is 11.9. The van der Waals surface area contributed by atoms with Crippen molar-refractivity contribution >= 4 is 23.8 Å². The molecular formula is C13H24N2O3S. The third kappa shape index (κ3) is 4.03. The van der Waals surface area contributed by atoms with Gasteiger partial charge in [-0.05, 0) is 51.5 Å². The van der Waals surface area contributed by atoms with E-state index in [0.29, 0.717) is 12.5 Å². The van der Waals surface area contributed by atoms with Crippen LogP contribution in [0.25, 0.3) is 0 Å². The summed E-state index contributed by atoms with van der Waals surface area (Å²) < 4.78 is 0. The van der Waals surface area contributed by atoms with Crippen LogP contribution in [0.4, 0.5) is 4.79 Å². The van der Waals surface area contributed by atoms with E-state index < -0.39 is 16.9 Å². The zero-order valence-corrected chi connectivity index (χ0v) is 12.9. The zero-order valence-electron chi connectivity index (χ0n) is 12.1. The molecule has 1 atom stereocenters. The van der Waals surface area contributed by atoms with Crippen LogP contribution in [0.2, 0.25) is 0 Å². The Balaban J connectivity index is 2.47. The van der Waals surface area contributed by atoms with Gasteiger partial charge in [0.25, 0.3) is 0 Å². The number of hydrogen-bond acceptors (Lipinski definition) is 3. The molecule has 2 amide bonds. The van der Waals surface area contributed by atoms with Gasteiger partial charge in [0, 0.05) is 6.54 Å². The van der Waals surface area contributed by atoms with E-state index in [0.717, 1.165) is 17.9 Å². The highest BCUT2D eigenvalue weighted by Gasteiger charge is 2.44. The van der Waals surface area contributed by atoms with Crippen molar-refractivity contribution in [1.29, 1.82) is 0 Å². The van der Waals surface area contributed by atoms with Crippen LogP contribution in [0.15, 0.2) is 0 Å². The van der Waals surface area contributed by atoms with Gasteiger partial charge < -0.3 is 15.7 Å². The summed E-state index contributed by atoms with van der Waals surface area (Å²) in [5, 5.41) is 14.8. The van der Waals surface area contributed by atoms with E-state index in [2.05, 4.69) is 10.6 Å². The Morgan fingerprint density at radius 2 is 1.95 bits per heavy atom. The Labute approximate surface area is 118 Å². The molecule has 1 aliphatic rings. The number of carbonyl (C=O) groups excluding carboxylic acids is 1. The average molecular weight is 288 g/mol. The van der Waals surface area contributed by atoms with Crippen molar-refractivity contribution in [2.45, 2.75) is 39.7 Å². The van der Waals surface area contributed by atoms with E-state index in [1.54, 1.807) is 27.7 Å². The van der Waals surface area contributed by atoms with Gasteiger partial charge in [-0.15, -0.1) is 0 Å². The maximum Gasteiger partial charge on any atom is 0.315 e. The monoisotopic (exact) mass is 288 g/mol. The predicted molar refractivity (Wildman–Crippen MR) is 77.5 cm³/mol. The quantitative estimate of drug-likeness (QED) is 0.722. The first-order valence-corrected chi connectivity index (χ1v) is 7.69. The molecule has 19 heavy (non-hydrogen) atoms. The van der Waals surface area contributed by atoms with E-state index in [1.807, 2.05) is 11.8 Å². The molecule has 6 heteroatoms. The summed E-state index contributed by atoms with van der Waals surface area (Å²) in [6.07, 6.45) is 1.13. The van der Waals surface area contributed by atoms with Crippen LogP contribution in [0.3, 0.4) is 0 Å². The first-order valence-electron chi connectivity index (χ1n) is 6.54. The van der Waals surface area contributed by atoms with Crippen LogP contribution < -0.4 is 10.6 Å². The van der Waals surface area contributed by atoms with E-state index in [-0.39, 0.29) is 6.03 Å². The number of amides is 2. The molecule has 1 heterocycles. The molecule has 1 aliphatic heterocycles. The molecule has 1 saturated heterocycles. The minimum absolute atomic E-state index is 0.295. The van der Waals surface area contributed by atoms with Crippen molar-refractivity contribution in [3.05, 3.63) is 0 Å². The van der Waals surface area contributed by atoms with Gasteiger partial charge >= 0.3 is 12.0 Å². The molecule has 0 aromatic heterocycles. The second kappa shape index (κ2) is 6.03. The lowest BCUT2D eigenvalue weighted by atomic mass is 9.74. The summed E-state index contributed by atoms with van der Waals surface area (Å²) in [7, 11) is 0. The van der Waals surface area contributed by atoms with Gasteiger partial charge in [0.2, 0.25) is 0 Å². The Kier molecular flexibility index (Phi) is 5.12. The van der Waals surface area contributed by atoms with Crippen molar-refractivity contribution < 1.29 is 14.7 Å². The molecule has 0 aromatic carbocycles. The SMILES string of the molecule is CC(C)(NC(=O)NCC1CCSC1)C(C)(C)C(=O)O. The molecule has 1 fully saturated rings. The Hall–Kier alpha value is -0.910. The summed E-state index contributed by atoms with van der Waals surface area (Å²) in [5.74, 6) is 1.85. The summed E-state index contributed by atoms with van der Waals surface area (Å²) in [6, 6.07) is -0.295.